The molecule has 0 saturated heterocycles. The van der Waals surface area contributed by atoms with Crippen molar-refractivity contribution in [3.8, 4) is 17.1 Å². The van der Waals surface area contributed by atoms with E-state index < -0.39 is 15.6 Å². The summed E-state index contributed by atoms with van der Waals surface area (Å²) in [4.78, 5) is 9.40. The first kappa shape index (κ1) is 31.5. The normalized spacial score (nSPS) is 24.2. The van der Waals surface area contributed by atoms with E-state index in [1.807, 2.05) is 64.1 Å². The van der Waals surface area contributed by atoms with Gasteiger partial charge in [0.1, 0.15) is 0 Å². The second-order valence-corrected chi connectivity index (χ2v) is 16.2. The number of aryl methyl sites for hydroxylation is 2. The van der Waals surface area contributed by atoms with Crippen LogP contribution in [0.15, 0.2) is 53.4 Å². The number of nitrogens with zero attached hydrogens (tertiary/aromatic N) is 2. The van der Waals surface area contributed by atoms with E-state index >= 15 is 0 Å². The van der Waals surface area contributed by atoms with Crippen LogP contribution in [0, 0.1) is 37.0 Å². The minimum absolute atomic E-state index is 0.00464. The van der Waals surface area contributed by atoms with Gasteiger partial charge in [0.15, 0.2) is 0 Å². The number of fused-ring (bicyclic) bond motifs is 4. The van der Waals surface area contributed by atoms with Crippen LogP contribution in [0.3, 0.4) is 0 Å². The van der Waals surface area contributed by atoms with Gasteiger partial charge in [-0.25, -0.2) is 18.1 Å². The van der Waals surface area contributed by atoms with Gasteiger partial charge in [0, 0.05) is 17.5 Å². The number of anilines is 1. The molecule has 2 atom stereocenters. The first-order valence-corrected chi connectivity index (χ1v) is 17.0. The van der Waals surface area contributed by atoms with Crippen molar-refractivity contribution in [1.82, 2.24) is 9.97 Å². The SMILES string of the molecule is Cc1cccc(C)c1-c1cc2nc(n1)NS(=O)(=O)c1cccc(c1)C(C1CCC(C(C)(C)O)CC1)[C@H](CC(C)(C)C)CO2. The molecule has 43 heavy (non-hydrogen) atoms. The highest BCUT2D eigenvalue weighted by Crippen LogP contribution is 2.47. The molecule has 2 N–H and O–H groups in total. The summed E-state index contributed by atoms with van der Waals surface area (Å²) < 4.78 is 36.7. The van der Waals surface area contributed by atoms with Gasteiger partial charge in [-0.05, 0) is 112 Å². The van der Waals surface area contributed by atoms with Crippen molar-refractivity contribution in [3.63, 3.8) is 0 Å². The molecule has 1 saturated carbocycles. The molecule has 2 aliphatic rings. The number of benzene rings is 2. The number of aromatic nitrogens is 2. The molecule has 0 spiro atoms. The molecule has 232 valence electrons. The van der Waals surface area contributed by atoms with Crippen molar-refractivity contribution in [2.45, 2.75) is 97.0 Å². The largest absolute Gasteiger partial charge is 0.477 e. The molecule has 0 radical (unpaired) electrons. The van der Waals surface area contributed by atoms with Gasteiger partial charge in [-0.3, -0.25) is 0 Å². The lowest BCUT2D eigenvalue weighted by atomic mass is 9.64. The Morgan fingerprint density at radius 1 is 0.930 bits per heavy atom. The molecule has 1 fully saturated rings. The molecule has 3 aromatic rings. The van der Waals surface area contributed by atoms with Gasteiger partial charge in [0.25, 0.3) is 10.0 Å². The van der Waals surface area contributed by atoms with Crippen LogP contribution >= 0.6 is 0 Å². The van der Waals surface area contributed by atoms with E-state index in [1.165, 1.54) is 0 Å². The van der Waals surface area contributed by atoms with Crippen LogP contribution in [0.4, 0.5) is 5.95 Å². The number of hydrogen-bond acceptors (Lipinski definition) is 6. The Bertz CT molecular complexity index is 1540. The highest BCUT2D eigenvalue weighted by atomic mass is 32.2. The van der Waals surface area contributed by atoms with E-state index in [1.54, 1.807) is 6.07 Å². The van der Waals surface area contributed by atoms with Crippen LogP contribution in [0.2, 0.25) is 0 Å². The molecule has 0 amide bonds. The molecule has 8 heteroatoms. The third-order valence-electron chi connectivity index (χ3n) is 9.33. The van der Waals surface area contributed by atoms with Crippen molar-refractivity contribution < 1.29 is 18.3 Å². The Morgan fingerprint density at radius 3 is 2.21 bits per heavy atom. The number of rotatable bonds is 4. The summed E-state index contributed by atoms with van der Waals surface area (Å²) in [5, 5.41) is 10.7. The van der Waals surface area contributed by atoms with Gasteiger partial charge in [-0.15, -0.1) is 0 Å². The monoisotopic (exact) mass is 605 g/mol. The van der Waals surface area contributed by atoms with Crippen molar-refractivity contribution in [3.05, 3.63) is 65.2 Å². The molecule has 1 unspecified atom stereocenters. The average Bonchev–Trinajstić information content (AvgIpc) is 2.90. The molecule has 2 aromatic carbocycles. The van der Waals surface area contributed by atoms with Gasteiger partial charge in [0.05, 0.1) is 22.8 Å². The number of aliphatic hydroxyl groups is 1. The van der Waals surface area contributed by atoms with Gasteiger partial charge in [0.2, 0.25) is 11.8 Å². The summed E-state index contributed by atoms with van der Waals surface area (Å²) in [6.07, 6.45) is 4.75. The van der Waals surface area contributed by atoms with Crippen LogP contribution in [0.5, 0.6) is 5.88 Å². The smallest absolute Gasteiger partial charge is 0.264 e. The molecule has 1 aromatic heterocycles. The standard InChI is InChI=1S/C35H47N3O4S/c1-22-10-8-11-23(2)31(22)29-19-30-37-33(36-29)38-43(40,41)28-13-9-12-25(18-28)32(26(21-42-30)20-34(3,4)5)24-14-16-27(17-15-24)35(6,7)39/h8-13,18-19,24,26-27,32,39H,14-17,20-21H2,1-7H3,(H,36,37,38)/t24?,26-,27?,32?/m1/s1. The molecular weight excluding hydrogens is 558 g/mol. The third-order valence-corrected chi connectivity index (χ3v) is 10.7. The maximum Gasteiger partial charge on any atom is 0.264 e. The zero-order chi connectivity index (χ0) is 31.2. The number of sulfonamides is 1. The fourth-order valence-electron chi connectivity index (χ4n) is 7.34. The summed E-state index contributed by atoms with van der Waals surface area (Å²) in [7, 11) is -3.96. The highest BCUT2D eigenvalue weighted by Gasteiger charge is 2.39. The summed E-state index contributed by atoms with van der Waals surface area (Å²) in [6.45, 7) is 15.1. The Kier molecular flexibility index (Phi) is 8.67. The fourth-order valence-corrected chi connectivity index (χ4v) is 8.34. The molecule has 4 bridgehead atoms. The first-order chi connectivity index (χ1) is 20.1. The maximum absolute atomic E-state index is 13.8. The summed E-state index contributed by atoms with van der Waals surface area (Å²) in [5.74, 6) is 1.17. The van der Waals surface area contributed by atoms with E-state index in [0.717, 1.165) is 54.4 Å². The third kappa shape index (κ3) is 7.23. The molecule has 1 aliphatic heterocycles. The molecule has 5 rings (SSSR count). The van der Waals surface area contributed by atoms with Crippen LogP contribution in [0.25, 0.3) is 11.3 Å². The van der Waals surface area contributed by atoms with Crippen molar-refractivity contribution in [1.29, 1.82) is 0 Å². The minimum Gasteiger partial charge on any atom is -0.477 e. The van der Waals surface area contributed by atoms with Crippen molar-refractivity contribution >= 4 is 16.0 Å². The van der Waals surface area contributed by atoms with Gasteiger partial charge < -0.3 is 9.84 Å². The first-order valence-electron chi connectivity index (χ1n) is 15.5. The van der Waals surface area contributed by atoms with Crippen molar-refractivity contribution in [2.75, 3.05) is 11.3 Å². The van der Waals surface area contributed by atoms with Crippen LogP contribution < -0.4 is 9.46 Å². The zero-order valence-electron chi connectivity index (χ0n) is 26.6. The minimum atomic E-state index is -3.96. The topological polar surface area (TPSA) is 101 Å². The van der Waals surface area contributed by atoms with E-state index in [9.17, 15) is 13.5 Å². The van der Waals surface area contributed by atoms with Gasteiger partial charge >= 0.3 is 0 Å². The van der Waals surface area contributed by atoms with Crippen LogP contribution in [-0.2, 0) is 10.0 Å². The lowest BCUT2D eigenvalue weighted by Gasteiger charge is -2.42. The predicted octanol–water partition coefficient (Wildman–Crippen LogP) is 7.67. The summed E-state index contributed by atoms with van der Waals surface area (Å²) in [5.41, 5.74) is 3.99. The highest BCUT2D eigenvalue weighted by molar-refractivity contribution is 7.92. The Morgan fingerprint density at radius 2 is 1.58 bits per heavy atom. The second kappa shape index (κ2) is 11.8. The lowest BCUT2D eigenvalue weighted by molar-refractivity contribution is -0.0109. The number of nitrogens with one attached hydrogen (secondary N) is 1. The quantitative estimate of drug-likeness (QED) is 0.317. The Hall–Kier alpha value is -2.97. The van der Waals surface area contributed by atoms with Crippen LogP contribution in [-0.4, -0.2) is 35.7 Å². The Balaban J connectivity index is 1.62. The maximum atomic E-state index is 13.8. The summed E-state index contributed by atoms with van der Waals surface area (Å²) >= 11 is 0. The predicted molar refractivity (Wildman–Crippen MR) is 172 cm³/mol. The second-order valence-electron chi connectivity index (χ2n) is 14.5. The number of ether oxygens (including phenoxy) is 1. The van der Waals surface area contributed by atoms with E-state index in [2.05, 4.69) is 41.5 Å². The lowest BCUT2D eigenvalue weighted by Crippen LogP contribution is -2.37. The van der Waals surface area contributed by atoms with Gasteiger partial charge in [-0.2, -0.15) is 4.98 Å². The van der Waals surface area contributed by atoms with Crippen LogP contribution in [0.1, 0.15) is 89.3 Å². The molecule has 1 aliphatic carbocycles. The molecule has 7 nitrogen and oxygen atoms in total. The fraction of sp³-hybridized carbons (Fsp3) is 0.543. The summed E-state index contributed by atoms with van der Waals surface area (Å²) in [6, 6.07) is 15.3. The van der Waals surface area contributed by atoms with E-state index in [0.29, 0.717) is 24.1 Å². The average molecular weight is 606 g/mol. The van der Waals surface area contributed by atoms with E-state index in [-0.39, 0.29) is 34.0 Å². The van der Waals surface area contributed by atoms with E-state index in [4.69, 9.17) is 4.74 Å². The zero-order valence-corrected chi connectivity index (χ0v) is 27.5. The van der Waals surface area contributed by atoms with Gasteiger partial charge in [-0.1, -0.05) is 51.1 Å². The Labute approximate surface area is 257 Å². The molecule has 2 heterocycles. The molecular formula is C35H47N3O4S. The number of hydrogen-bond donors (Lipinski definition) is 2. The van der Waals surface area contributed by atoms with Crippen molar-refractivity contribution in [2.24, 2.45) is 23.2 Å².